The molecule has 42 heavy (non-hydrogen) atoms. The van der Waals surface area contributed by atoms with Crippen LogP contribution in [0.15, 0.2) is 72.8 Å². The summed E-state index contributed by atoms with van der Waals surface area (Å²) in [6.07, 6.45) is 2.29. The van der Waals surface area contributed by atoms with Crippen molar-refractivity contribution in [3.05, 3.63) is 99.0 Å². The molecule has 2 unspecified atom stereocenters. The van der Waals surface area contributed by atoms with E-state index in [1.807, 2.05) is 44.2 Å². The highest BCUT2D eigenvalue weighted by Gasteiger charge is 2.32. The van der Waals surface area contributed by atoms with Gasteiger partial charge in [-0.2, -0.15) is 0 Å². The van der Waals surface area contributed by atoms with Gasteiger partial charge in [-0.25, -0.2) is 8.42 Å². The fourth-order valence-electron chi connectivity index (χ4n) is 4.48. The van der Waals surface area contributed by atoms with E-state index in [1.165, 1.54) is 9.21 Å². The van der Waals surface area contributed by atoms with E-state index >= 15 is 0 Å². The van der Waals surface area contributed by atoms with Crippen LogP contribution in [0.1, 0.15) is 44.2 Å². The molecule has 2 atom stereocenters. The quantitative estimate of drug-likeness (QED) is 0.209. The first-order chi connectivity index (χ1) is 19.9. The van der Waals surface area contributed by atoms with Crippen LogP contribution in [0.4, 0.5) is 5.69 Å². The first-order valence-corrected chi connectivity index (χ1v) is 16.7. The fraction of sp³-hybridized carbons (Fsp3) is 0.355. The maximum atomic E-state index is 14.0. The number of halogens is 3. The third-order valence-electron chi connectivity index (χ3n) is 6.91. The van der Waals surface area contributed by atoms with E-state index in [9.17, 15) is 18.0 Å². The molecule has 1 N–H and O–H groups in total. The van der Waals surface area contributed by atoms with E-state index in [2.05, 4.69) is 5.32 Å². The average molecular weight is 653 g/mol. The molecule has 226 valence electrons. The maximum Gasteiger partial charge on any atom is 0.243 e. The molecule has 0 fully saturated rings. The summed E-state index contributed by atoms with van der Waals surface area (Å²) in [7, 11) is -3.65. The summed E-state index contributed by atoms with van der Waals surface area (Å²) >= 11 is 19.1. The summed E-state index contributed by atoms with van der Waals surface area (Å²) in [5, 5.41) is 4.18. The van der Waals surface area contributed by atoms with Gasteiger partial charge in [0.05, 0.1) is 11.9 Å². The first-order valence-electron chi connectivity index (χ1n) is 13.7. The van der Waals surface area contributed by atoms with Crippen molar-refractivity contribution < 1.29 is 18.0 Å². The van der Waals surface area contributed by atoms with E-state index in [-0.39, 0.29) is 50.2 Å². The number of carbonyl (C=O) groups is 2. The number of anilines is 1. The van der Waals surface area contributed by atoms with Crippen LogP contribution >= 0.6 is 34.8 Å². The van der Waals surface area contributed by atoms with Crippen molar-refractivity contribution in [2.24, 2.45) is 0 Å². The number of benzene rings is 3. The number of sulfonamides is 1. The minimum Gasteiger partial charge on any atom is -0.352 e. The van der Waals surface area contributed by atoms with Gasteiger partial charge >= 0.3 is 0 Å². The monoisotopic (exact) mass is 651 g/mol. The molecule has 0 aromatic heterocycles. The van der Waals surface area contributed by atoms with Crippen molar-refractivity contribution in [2.75, 3.05) is 17.1 Å². The minimum absolute atomic E-state index is 0.00680. The van der Waals surface area contributed by atoms with E-state index in [0.29, 0.717) is 26.3 Å². The second-order valence-corrected chi connectivity index (χ2v) is 13.3. The van der Waals surface area contributed by atoms with Crippen LogP contribution in [0.25, 0.3) is 0 Å². The Balaban J connectivity index is 1.94. The largest absolute Gasteiger partial charge is 0.352 e. The molecule has 0 saturated heterocycles. The lowest BCUT2D eigenvalue weighted by molar-refractivity contribution is -0.141. The van der Waals surface area contributed by atoms with E-state index in [4.69, 9.17) is 34.8 Å². The molecule has 0 bridgehead atoms. The summed E-state index contributed by atoms with van der Waals surface area (Å²) < 4.78 is 26.4. The predicted octanol–water partition coefficient (Wildman–Crippen LogP) is 6.75. The smallest absolute Gasteiger partial charge is 0.243 e. The van der Waals surface area contributed by atoms with Gasteiger partial charge in [0.15, 0.2) is 0 Å². The molecule has 0 heterocycles. The van der Waals surface area contributed by atoms with Crippen molar-refractivity contribution in [3.63, 3.8) is 0 Å². The van der Waals surface area contributed by atoms with Crippen molar-refractivity contribution in [2.45, 2.75) is 58.2 Å². The molecule has 0 aliphatic carbocycles. The number of hydrogen-bond acceptors (Lipinski definition) is 4. The molecule has 0 aliphatic heterocycles. The third kappa shape index (κ3) is 9.63. The zero-order valence-corrected chi connectivity index (χ0v) is 27.0. The number of amides is 2. The van der Waals surface area contributed by atoms with Crippen LogP contribution in [0.3, 0.4) is 0 Å². The molecule has 7 nitrogen and oxygen atoms in total. The molecule has 2 amide bonds. The molecule has 3 aromatic carbocycles. The Labute approximate surface area is 263 Å². The maximum absolute atomic E-state index is 14.0. The van der Waals surface area contributed by atoms with Crippen molar-refractivity contribution in [1.29, 1.82) is 0 Å². The Bertz CT molecular complexity index is 1450. The average Bonchev–Trinajstić information content (AvgIpc) is 2.94. The van der Waals surface area contributed by atoms with Gasteiger partial charge in [0.25, 0.3) is 0 Å². The highest BCUT2D eigenvalue weighted by Crippen LogP contribution is 2.28. The van der Waals surface area contributed by atoms with Gasteiger partial charge in [-0.15, -0.1) is 0 Å². The first kappa shape index (κ1) is 33.7. The van der Waals surface area contributed by atoms with Crippen LogP contribution in [0, 0.1) is 0 Å². The van der Waals surface area contributed by atoms with Crippen molar-refractivity contribution >= 4 is 62.3 Å². The predicted molar refractivity (Wildman–Crippen MR) is 172 cm³/mol. The van der Waals surface area contributed by atoms with Gasteiger partial charge in [0, 0.05) is 52.6 Å². The lowest BCUT2D eigenvalue weighted by Crippen LogP contribution is -2.52. The molecular formula is C31H36Cl3N3O4S. The molecule has 0 radical (unpaired) electrons. The van der Waals surface area contributed by atoms with Crippen LogP contribution in [-0.4, -0.2) is 50.0 Å². The van der Waals surface area contributed by atoms with Crippen LogP contribution < -0.4 is 9.62 Å². The minimum atomic E-state index is -3.65. The summed E-state index contributed by atoms with van der Waals surface area (Å²) in [6.45, 7) is 3.93. The van der Waals surface area contributed by atoms with Gasteiger partial charge < -0.3 is 10.2 Å². The van der Waals surface area contributed by atoms with Crippen LogP contribution in [0.5, 0.6) is 0 Å². The Morgan fingerprint density at radius 3 is 2.17 bits per heavy atom. The summed E-state index contributed by atoms with van der Waals surface area (Å²) in [5.41, 5.74) is 1.82. The van der Waals surface area contributed by atoms with Gasteiger partial charge in [-0.05, 0) is 55.7 Å². The summed E-state index contributed by atoms with van der Waals surface area (Å²) in [6, 6.07) is 20.1. The SMILES string of the molecule is CCC(C)NC(=O)C(Cc1ccccc1)N(Cc1c(Cl)cccc1Cl)C(=O)CCCN(c1cccc(Cl)c1)S(C)(=O)=O. The normalized spacial score (nSPS) is 12.8. The number of nitrogens with zero attached hydrogens (tertiary/aromatic N) is 2. The molecule has 3 aromatic rings. The van der Waals surface area contributed by atoms with Crippen LogP contribution in [-0.2, 0) is 32.6 Å². The Kier molecular flexibility index (Phi) is 12.5. The number of hydrogen-bond donors (Lipinski definition) is 1. The van der Waals surface area contributed by atoms with Gasteiger partial charge in [0.2, 0.25) is 21.8 Å². The second-order valence-electron chi connectivity index (χ2n) is 10.2. The Morgan fingerprint density at radius 1 is 0.929 bits per heavy atom. The Hall–Kier alpha value is -2.78. The molecule has 3 rings (SSSR count). The second kappa shape index (κ2) is 15.6. The van der Waals surface area contributed by atoms with Gasteiger partial charge in [-0.3, -0.25) is 13.9 Å². The summed E-state index contributed by atoms with van der Waals surface area (Å²) in [5.74, 6) is -0.618. The lowest BCUT2D eigenvalue weighted by atomic mass is 10.0. The highest BCUT2D eigenvalue weighted by molar-refractivity contribution is 7.92. The zero-order chi connectivity index (χ0) is 30.9. The lowest BCUT2D eigenvalue weighted by Gasteiger charge is -2.33. The molecule has 11 heteroatoms. The highest BCUT2D eigenvalue weighted by atomic mass is 35.5. The summed E-state index contributed by atoms with van der Waals surface area (Å²) in [4.78, 5) is 29.1. The van der Waals surface area contributed by atoms with Gasteiger partial charge in [0.1, 0.15) is 6.04 Å². The molecule has 0 aliphatic rings. The van der Waals surface area contributed by atoms with E-state index < -0.39 is 16.1 Å². The standard InChI is InChI=1S/C31H36Cl3N3O4S/c1-4-22(2)35-31(39)29(19-23-11-6-5-7-12-23)36(21-26-27(33)15-9-16-28(26)34)30(38)17-10-18-37(42(3,40)41)25-14-8-13-24(32)20-25/h5-9,11-16,20,22,29H,4,10,17-19,21H2,1-3H3,(H,35,39). The van der Waals surface area contributed by atoms with Crippen molar-refractivity contribution in [3.8, 4) is 0 Å². The van der Waals surface area contributed by atoms with E-state index in [0.717, 1.165) is 18.2 Å². The number of nitrogens with one attached hydrogen (secondary N) is 1. The molecule has 0 spiro atoms. The van der Waals surface area contributed by atoms with E-state index in [1.54, 1.807) is 42.5 Å². The zero-order valence-electron chi connectivity index (χ0n) is 23.9. The number of rotatable bonds is 14. The number of carbonyl (C=O) groups excluding carboxylic acids is 2. The van der Waals surface area contributed by atoms with Crippen LogP contribution in [0.2, 0.25) is 15.1 Å². The third-order valence-corrected chi connectivity index (χ3v) is 9.05. The molecule has 0 saturated carbocycles. The Morgan fingerprint density at radius 2 is 1.57 bits per heavy atom. The van der Waals surface area contributed by atoms with Gasteiger partial charge in [-0.1, -0.05) is 84.2 Å². The molecular weight excluding hydrogens is 617 g/mol. The van der Waals surface area contributed by atoms with Crippen molar-refractivity contribution in [1.82, 2.24) is 10.2 Å². The fourth-order valence-corrected chi connectivity index (χ4v) is 6.14. The topological polar surface area (TPSA) is 86.8 Å².